The first kappa shape index (κ1) is 15.6. The standard InChI is InChI=1S/C19H26N4O/c1-2-22-16-9-4-3-8-15(16)21-19(22)17-10-6-12-23(17)18(24)13-14-7-5-11-20-14/h3-4,8-9,14,17,20H,2,5-7,10-13H2,1H3. The number of rotatable bonds is 4. The molecule has 1 aromatic carbocycles. The molecule has 0 aliphatic carbocycles. The van der Waals surface area contributed by atoms with Gasteiger partial charge in [-0.05, 0) is 51.3 Å². The maximum absolute atomic E-state index is 12.8. The third-order valence-corrected chi connectivity index (χ3v) is 5.45. The second-order valence-corrected chi connectivity index (χ2v) is 6.95. The molecular formula is C19H26N4O. The zero-order valence-corrected chi connectivity index (χ0v) is 14.4. The fraction of sp³-hybridized carbons (Fsp3) is 0.579. The van der Waals surface area contributed by atoms with Crippen LogP contribution in [0, 0.1) is 0 Å². The highest BCUT2D eigenvalue weighted by molar-refractivity contribution is 5.79. The minimum Gasteiger partial charge on any atom is -0.332 e. The number of nitrogens with zero attached hydrogens (tertiary/aromatic N) is 3. The topological polar surface area (TPSA) is 50.2 Å². The Hall–Kier alpha value is -1.88. The van der Waals surface area contributed by atoms with Gasteiger partial charge in [0.15, 0.2) is 0 Å². The summed E-state index contributed by atoms with van der Waals surface area (Å²) in [5.74, 6) is 1.34. The summed E-state index contributed by atoms with van der Waals surface area (Å²) >= 11 is 0. The van der Waals surface area contributed by atoms with Crippen molar-refractivity contribution in [3.8, 4) is 0 Å². The van der Waals surface area contributed by atoms with Crippen LogP contribution < -0.4 is 5.32 Å². The van der Waals surface area contributed by atoms with E-state index in [-0.39, 0.29) is 11.9 Å². The van der Waals surface area contributed by atoms with Gasteiger partial charge in [-0.2, -0.15) is 0 Å². The van der Waals surface area contributed by atoms with Crippen LogP contribution in [0.5, 0.6) is 0 Å². The third-order valence-electron chi connectivity index (χ3n) is 5.45. The fourth-order valence-corrected chi connectivity index (χ4v) is 4.27. The van der Waals surface area contributed by atoms with Crippen molar-refractivity contribution < 1.29 is 4.79 Å². The zero-order chi connectivity index (χ0) is 16.5. The zero-order valence-electron chi connectivity index (χ0n) is 14.4. The van der Waals surface area contributed by atoms with Gasteiger partial charge in [0, 0.05) is 25.6 Å². The Balaban J connectivity index is 1.61. The van der Waals surface area contributed by atoms with E-state index < -0.39 is 0 Å². The summed E-state index contributed by atoms with van der Waals surface area (Å²) in [6.07, 6.45) is 5.03. The van der Waals surface area contributed by atoms with Crippen molar-refractivity contribution in [1.82, 2.24) is 19.8 Å². The van der Waals surface area contributed by atoms with Crippen molar-refractivity contribution in [2.75, 3.05) is 13.1 Å². The number of benzene rings is 1. The highest BCUT2D eigenvalue weighted by Crippen LogP contribution is 2.34. The fourth-order valence-electron chi connectivity index (χ4n) is 4.27. The predicted octanol–water partition coefficient (Wildman–Crippen LogP) is 2.86. The van der Waals surface area contributed by atoms with Gasteiger partial charge in [-0.15, -0.1) is 0 Å². The average molecular weight is 326 g/mol. The van der Waals surface area contributed by atoms with E-state index in [2.05, 4.69) is 39.9 Å². The molecular weight excluding hydrogens is 300 g/mol. The first-order valence-corrected chi connectivity index (χ1v) is 9.26. The number of carbonyl (C=O) groups is 1. The first-order valence-electron chi connectivity index (χ1n) is 9.26. The van der Waals surface area contributed by atoms with Gasteiger partial charge < -0.3 is 14.8 Å². The number of hydrogen-bond donors (Lipinski definition) is 1. The molecule has 5 nitrogen and oxygen atoms in total. The van der Waals surface area contributed by atoms with E-state index >= 15 is 0 Å². The number of likely N-dealkylation sites (tertiary alicyclic amines) is 1. The van der Waals surface area contributed by atoms with Gasteiger partial charge in [-0.25, -0.2) is 4.98 Å². The highest BCUT2D eigenvalue weighted by Gasteiger charge is 2.34. The minimum absolute atomic E-state index is 0.131. The number of nitrogens with one attached hydrogen (secondary N) is 1. The number of aryl methyl sites for hydroxylation is 1. The van der Waals surface area contributed by atoms with Gasteiger partial charge in [0.25, 0.3) is 0 Å². The summed E-state index contributed by atoms with van der Waals surface area (Å²) < 4.78 is 2.28. The third kappa shape index (κ3) is 2.71. The Morgan fingerprint density at radius 3 is 2.96 bits per heavy atom. The monoisotopic (exact) mass is 326 g/mol. The lowest BCUT2D eigenvalue weighted by molar-refractivity contribution is -0.132. The van der Waals surface area contributed by atoms with Crippen LogP contribution in [0.25, 0.3) is 11.0 Å². The molecule has 24 heavy (non-hydrogen) atoms. The molecule has 128 valence electrons. The molecule has 2 aromatic rings. The Kier molecular flexibility index (Phi) is 4.27. The molecule has 2 saturated heterocycles. The summed E-state index contributed by atoms with van der Waals surface area (Å²) in [5.41, 5.74) is 2.21. The molecule has 0 bridgehead atoms. The molecule has 2 fully saturated rings. The van der Waals surface area contributed by atoms with Crippen molar-refractivity contribution >= 4 is 16.9 Å². The lowest BCUT2D eigenvalue weighted by atomic mass is 10.1. The van der Waals surface area contributed by atoms with Crippen LogP contribution in [0.4, 0.5) is 0 Å². The maximum Gasteiger partial charge on any atom is 0.224 e. The summed E-state index contributed by atoms with van der Waals surface area (Å²) in [6, 6.07) is 8.77. The normalized spacial score (nSPS) is 24.1. The van der Waals surface area contributed by atoms with Gasteiger partial charge in [-0.3, -0.25) is 4.79 Å². The molecule has 5 heteroatoms. The highest BCUT2D eigenvalue weighted by atomic mass is 16.2. The van der Waals surface area contributed by atoms with E-state index in [1.165, 1.54) is 11.9 Å². The van der Waals surface area contributed by atoms with Crippen molar-refractivity contribution in [2.45, 2.75) is 57.7 Å². The van der Waals surface area contributed by atoms with E-state index in [1.54, 1.807) is 0 Å². The van der Waals surface area contributed by atoms with Crippen LogP contribution in [0.15, 0.2) is 24.3 Å². The number of hydrogen-bond acceptors (Lipinski definition) is 3. The van der Waals surface area contributed by atoms with Crippen LogP contribution >= 0.6 is 0 Å². The van der Waals surface area contributed by atoms with Crippen LogP contribution in [0.3, 0.4) is 0 Å². The van der Waals surface area contributed by atoms with Gasteiger partial charge in [0.2, 0.25) is 5.91 Å². The van der Waals surface area contributed by atoms with Crippen LogP contribution in [0.2, 0.25) is 0 Å². The molecule has 1 N–H and O–H groups in total. The summed E-state index contributed by atoms with van der Waals surface area (Å²) in [6.45, 7) is 4.95. The van der Waals surface area contributed by atoms with Gasteiger partial charge in [-0.1, -0.05) is 12.1 Å². The predicted molar refractivity (Wildman–Crippen MR) is 94.7 cm³/mol. The van der Waals surface area contributed by atoms with Crippen molar-refractivity contribution in [1.29, 1.82) is 0 Å². The van der Waals surface area contributed by atoms with Crippen molar-refractivity contribution in [2.24, 2.45) is 0 Å². The van der Waals surface area contributed by atoms with Gasteiger partial charge in [0.1, 0.15) is 5.82 Å². The largest absolute Gasteiger partial charge is 0.332 e. The Morgan fingerprint density at radius 2 is 2.17 bits per heavy atom. The lowest BCUT2D eigenvalue weighted by Gasteiger charge is -2.26. The van der Waals surface area contributed by atoms with E-state index in [0.717, 1.165) is 50.2 Å². The van der Waals surface area contributed by atoms with Gasteiger partial charge in [0.05, 0.1) is 17.1 Å². The molecule has 2 atom stereocenters. The molecule has 0 spiro atoms. The lowest BCUT2D eigenvalue weighted by Crippen LogP contribution is -2.36. The smallest absolute Gasteiger partial charge is 0.224 e. The second-order valence-electron chi connectivity index (χ2n) is 6.95. The van der Waals surface area contributed by atoms with Crippen molar-refractivity contribution in [3.05, 3.63) is 30.1 Å². The Morgan fingerprint density at radius 1 is 1.29 bits per heavy atom. The maximum atomic E-state index is 12.8. The van der Waals surface area contributed by atoms with E-state index in [4.69, 9.17) is 4.98 Å². The Bertz CT molecular complexity index is 732. The van der Waals surface area contributed by atoms with E-state index in [1.807, 2.05) is 6.07 Å². The van der Waals surface area contributed by atoms with Crippen LogP contribution in [-0.2, 0) is 11.3 Å². The molecule has 4 rings (SSSR count). The molecule has 0 radical (unpaired) electrons. The first-order chi connectivity index (χ1) is 11.8. The SMILES string of the molecule is CCn1c(C2CCCN2C(=O)CC2CCCN2)nc2ccccc21. The molecule has 1 amide bonds. The molecule has 2 aliphatic rings. The van der Waals surface area contributed by atoms with E-state index in [9.17, 15) is 4.79 Å². The minimum atomic E-state index is 0.131. The summed E-state index contributed by atoms with van der Waals surface area (Å²) in [5, 5.41) is 3.44. The molecule has 2 unspecified atom stereocenters. The molecule has 0 saturated carbocycles. The molecule has 1 aromatic heterocycles. The molecule has 3 heterocycles. The number of fused-ring (bicyclic) bond motifs is 1. The number of carbonyl (C=O) groups excluding carboxylic acids is 1. The second kappa shape index (κ2) is 6.55. The quantitative estimate of drug-likeness (QED) is 0.940. The van der Waals surface area contributed by atoms with E-state index in [0.29, 0.717) is 12.5 Å². The van der Waals surface area contributed by atoms with Crippen LogP contribution in [0.1, 0.15) is 50.9 Å². The Labute approximate surface area is 143 Å². The number of imidazole rings is 1. The van der Waals surface area contributed by atoms with Crippen molar-refractivity contribution in [3.63, 3.8) is 0 Å². The number of para-hydroxylation sites is 2. The number of aromatic nitrogens is 2. The average Bonchev–Trinajstić information content (AvgIpc) is 3.33. The van der Waals surface area contributed by atoms with Crippen LogP contribution in [-0.4, -0.2) is 39.5 Å². The molecule has 2 aliphatic heterocycles. The number of amides is 1. The summed E-state index contributed by atoms with van der Waals surface area (Å²) in [4.78, 5) is 19.8. The van der Waals surface area contributed by atoms with Gasteiger partial charge >= 0.3 is 0 Å². The summed E-state index contributed by atoms with van der Waals surface area (Å²) in [7, 11) is 0.